The Morgan fingerprint density at radius 3 is 2.31 bits per heavy atom. The van der Waals surface area contributed by atoms with Gasteiger partial charge >= 0.3 is 0 Å². The van der Waals surface area contributed by atoms with E-state index in [0.29, 0.717) is 5.56 Å². The van der Waals surface area contributed by atoms with Crippen LogP contribution < -0.4 is 0 Å². The smallest absolute Gasteiger partial charge is 0.126 e. The number of hydrogen-bond donors (Lipinski definition) is 1. The van der Waals surface area contributed by atoms with E-state index in [1.165, 1.54) is 30.0 Å². The third kappa shape index (κ3) is 3.38. The van der Waals surface area contributed by atoms with E-state index in [1.54, 1.807) is 0 Å². The van der Waals surface area contributed by atoms with E-state index in [-0.39, 0.29) is 0 Å². The van der Waals surface area contributed by atoms with Crippen LogP contribution >= 0.6 is 12.6 Å². The normalized spacial score (nSPS) is 11.6. The van der Waals surface area contributed by atoms with Crippen LogP contribution in [-0.4, -0.2) is 6.21 Å². The standard InChI is InChI=1S/C9H7F2NS/c10-8-3-7(4-9(11)5-8)6-12-1-2-13/h1-6,13H/b2-1+,12-6+. The largest absolute Gasteiger partial charge is 0.264 e. The highest BCUT2D eigenvalue weighted by atomic mass is 32.1. The SMILES string of the molecule is Fc1cc(F)cc(/C=N/C=C/S)c1. The molecule has 0 N–H and O–H groups in total. The molecule has 0 atom stereocenters. The van der Waals surface area contributed by atoms with Crippen LogP contribution in [0.3, 0.4) is 0 Å². The number of thiol groups is 1. The molecule has 0 bridgehead atoms. The molecular weight excluding hydrogens is 192 g/mol. The molecule has 68 valence electrons. The van der Waals surface area contributed by atoms with Gasteiger partial charge in [0.15, 0.2) is 0 Å². The Balaban J connectivity index is 2.89. The molecule has 1 aromatic carbocycles. The van der Waals surface area contributed by atoms with Gasteiger partial charge in [-0.15, -0.1) is 12.6 Å². The van der Waals surface area contributed by atoms with Crippen molar-refractivity contribution in [2.45, 2.75) is 0 Å². The average molecular weight is 199 g/mol. The molecule has 0 spiro atoms. The summed E-state index contributed by atoms with van der Waals surface area (Å²) in [6.07, 6.45) is 2.75. The molecule has 0 saturated carbocycles. The van der Waals surface area contributed by atoms with Crippen LogP contribution in [-0.2, 0) is 0 Å². The number of rotatable bonds is 2. The highest BCUT2D eigenvalue weighted by Gasteiger charge is 1.96. The van der Waals surface area contributed by atoms with Crippen molar-refractivity contribution in [2.24, 2.45) is 4.99 Å². The predicted octanol–water partition coefficient (Wildman–Crippen LogP) is 2.78. The molecule has 1 nitrogen and oxygen atoms in total. The highest BCUT2D eigenvalue weighted by molar-refractivity contribution is 7.83. The molecule has 0 unspecified atom stereocenters. The number of aliphatic imine (C=N–C) groups is 1. The molecule has 0 aromatic heterocycles. The summed E-state index contributed by atoms with van der Waals surface area (Å²) >= 11 is 3.77. The van der Waals surface area contributed by atoms with Crippen LogP contribution in [0.1, 0.15) is 5.56 Å². The summed E-state index contributed by atoms with van der Waals surface area (Å²) in [6, 6.07) is 3.20. The van der Waals surface area contributed by atoms with Crippen LogP contribution in [0.5, 0.6) is 0 Å². The Kier molecular flexibility index (Phi) is 3.64. The fraction of sp³-hybridized carbons (Fsp3) is 0. The van der Waals surface area contributed by atoms with E-state index >= 15 is 0 Å². The van der Waals surface area contributed by atoms with Gasteiger partial charge in [-0.25, -0.2) is 8.78 Å². The van der Waals surface area contributed by atoms with Crippen LogP contribution in [0.25, 0.3) is 0 Å². The fourth-order valence-electron chi connectivity index (χ4n) is 0.817. The van der Waals surface area contributed by atoms with Gasteiger partial charge in [0.25, 0.3) is 0 Å². The summed E-state index contributed by atoms with van der Waals surface area (Å²) in [5, 5.41) is 1.42. The van der Waals surface area contributed by atoms with Gasteiger partial charge in [0.1, 0.15) is 11.6 Å². The van der Waals surface area contributed by atoms with Gasteiger partial charge in [0.2, 0.25) is 0 Å². The zero-order valence-corrected chi connectivity index (χ0v) is 7.51. The van der Waals surface area contributed by atoms with Gasteiger partial charge < -0.3 is 0 Å². The van der Waals surface area contributed by atoms with Gasteiger partial charge in [0.05, 0.1) is 0 Å². The second-order valence-electron chi connectivity index (χ2n) is 2.28. The summed E-state index contributed by atoms with van der Waals surface area (Å²) in [5.41, 5.74) is 0.379. The van der Waals surface area contributed by atoms with E-state index in [1.807, 2.05) is 0 Å². The second-order valence-corrected chi connectivity index (χ2v) is 2.58. The van der Waals surface area contributed by atoms with Crippen molar-refractivity contribution >= 4 is 18.8 Å². The monoisotopic (exact) mass is 199 g/mol. The van der Waals surface area contributed by atoms with Crippen molar-refractivity contribution in [3.05, 3.63) is 47.0 Å². The van der Waals surface area contributed by atoms with Crippen molar-refractivity contribution in [3.8, 4) is 0 Å². The predicted molar refractivity (Wildman–Crippen MR) is 52.1 cm³/mol. The zero-order chi connectivity index (χ0) is 9.68. The summed E-state index contributed by atoms with van der Waals surface area (Å²) < 4.78 is 25.2. The third-order valence-electron chi connectivity index (χ3n) is 1.26. The Labute approximate surface area is 80.2 Å². The van der Waals surface area contributed by atoms with E-state index in [9.17, 15) is 8.78 Å². The summed E-state index contributed by atoms with van der Waals surface area (Å²) in [5.74, 6) is -1.23. The molecular formula is C9H7F2NS. The summed E-state index contributed by atoms with van der Waals surface area (Å²) in [6.45, 7) is 0. The van der Waals surface area contributed by atoms with Crippen LogP contribution in [0, 0.1) is 11.6 Å². The van der Waals surface area contributed by atoms with Gasteiger partial charge in [-0.1, -0.05) is 0 Å². The van der Waals surface area contributed by atoms with Gasteiger partial charge in [-0.2, -0.15) is 0 Å². The first-order valence-electron chi connectivity index (χ1n) is 3.51. The maximum atomic E-state index is 12.6. The maximum absolute atomic E-state index is 12.6. The zero-order valence-electron chi connectivity index (χ0n) is 6.61. The van der Waals surface area contributed by atoms with E-state index < -0.39 is 11.6 Å². The maximum Gasteiger partial charge on any atom is 0.126 e. The lowest BCUT2D eigenvalue weighted by molar-refractivity contribution is 0.583. The lowest BCUT2D eigenvalue weighted by Crippen LogP contribution is -1.85. The van der Waals surface area contributed by atoms with E-state index in [0.717, 1.165) is 6.07 Å². The molecule has 0 aliphatic carbocycles. The lowest BCUT2D eigenvalue weighted by Gasteiger charge is -1.93. The molecule has 1 rings (SSSR count). The summed E-state index contributed by atoms with van der Waals surface area (Å²) in [4.78, 5) is 3.73. The van der Waals surface area contributed by atoms with Crippen molar-refractivity contribution in [2.75, 3.05) is 0 Å². The van der Waals surface area contributed by atoms with Crippen LogP contribution in [0.2, 0.25) is 0 Å². The Bertz CT molecular complexity index is 327. The molecule has 0 aliphatic heterocycles. The minimum Gasteiger partial charge on any atom is -0.264 e. The van der Waals surface area contributed by atoms with Crippen molar-refractivity contribution in [1.82, 2.24) is 0 Å². The average Bonchev–Trinajstić information content (AvgIpc) is 2.03. The topological polar surface area (TPSA) is 12.4 Å². The first kappa shape index (κ1) is 9.92. The quantitative estimate of drug-likeness (QED) is 0.555. The van der Waals surface area contributed by atoms with E-state index in [4.69, 9.17) is 0 Å². The number of nitrogens with zero attached hydrogens (tertiary/aromatic N) is 1. The molecule has 0 saturated heterocycles. The minimum atomic E-state index is -0.615. The highest BCUT2D eigenvalue weighted by Crippen LogP contribution is 2.05. The van der Waals surface area contributed by atoms with Crippen molar-refractivity contribution < 1.29 is 8.78 Å². The molecule has 13 heavy (non-hydrogen) atoms. The second kappa shape index (κ2) is 4.77. The molecule has 0 aliphatic rings. The minimum absolute atomic E-state index is 0.379. The first-order valence-corrected chi connectivity index (χ1v) is 4.02. The van der Waals surface area contributed by atoms with Gasteiger partial charge in [-0.05, 0) is 23.1 Å². The molecule has 1 aromatic rings. The molecule has 0 amide bonds. The Morgan fingerprint density at radius 2 is 1.77 bits per heavy atom. The summed E-state index contributed by atoms with van der Waals surface area (Å²) in [7, 11) is 0. The number of halogens is 2. The third-order valence-corrected chi connectivity index (χ3v) is 1.39. The Morgan fingerprint density at radius 1 is 1.15 bits per heavy atom. The van der Waals surface area contributed by atoms with Crippen LogP contribution in [0.4, 0.5) is 8.78 Å². The van der Waals surface area contributed by atoms with Gasteiger partial charge in [-0.3, -0.25) is 4.99 Å². The Hall–Kier alpha value is -1.16. The van der Waals surface area contributed by atoms with Crippen LogP contribution in [0.15, 0.2) is 34.8 Å². The fourth-order valence-corrected chi connectivity index (χ4v) is 0.894. The van der Waals surface area contributed by atoms with Crippen molar-refractivity contribution in [1.29, 1.82) is 0 Å². The molecule has 0 fully saturated rings. The molecule has 4 heteroatoms. The number of hydrogen-bond acceptors (Lipinski definition) is 2. The lowest BCUT2D eigenvalue weighted by atomic mass is 10.2. The first-order chi connectivity index (χ1) is 6.22. The van der Waals surface area contributed by atoms with Gasteiger partial charge in [0, 0.05) is 18.5 Å². The number of benzene rings is 1. The molecule has 0 radical (unpaired) electrons. The van der Waals surface area contributed by atoms with Crippen molar-refractivity contribution in [3.63, 3.8) is 0 Å². The molecule has 0 heterocycles. The van der Waals surface area contributed by atoms with E-state index in [2.05, 4.69) is 17.6 Å².